The van der Waals surface area contributed by atoms with Gasteiger partial charge in [-0.2, -0.15) is 0 Å². The lowest BCUT2D eigenvalue weighted by Gasteiger charge is -1.98. The molecule has 3 nitrogen and oxygen atoms in total. The summed E-state index contributed by atoms with van der Waals surface area (Å²) >= 11 is 0. The van der Waals surface area contributed by atoms with Gasteiger partial charge in [-0.1, -0.05) is 42.5 Å². The molecule has 3 heteroatoms. The van der Waals surface area contributed by atoms with Crippen LogP contribution in [0.5, 0.6) is 11.5 Å². The third kappa shape index (κ3) is 2.50. The van der Waals surface area contributed by atoms with Crippen LogP contribution in [0.25, 0.3) is 6.08 Å². The van der Waals surface area contributed by atoms with Crippen LogP contribution in [0.15, 0.2) is 54.6 Å². The van der Waals surface area contributed by atoms with E-state index >= 15 is 0 Å². The van der Waals surface area contributed by atoms with Crippen molar-refractivity contribution in [1.82, 2.24) is 0 Å². The van der Waals surface area contributed by atoms with Crippen LogP contribution in [0.4, 0.5) is 0 Å². The quantitative estimate of drug-likeness (QED) is 0.621. The van der Waals surface area contributed by atoms with Gasteiger partial charge in [0.1, 0.15) is 0 Å². The highest BCUT2D eigenvalue weighted by Crippen LogP contribution is 2.32. The first-order chi connectivity index (χ1) is 9.33. The summed E-state index contributed by atoms with van der Waals surface area (Å²) in [6, 6.07) is 14.8. The van der Waals surface area contributed by atoms with Crippen molar-refractivity contribution in [2.75, 3.05) is 6.79 Å². The van der Waals surface area contributed by atoms with Crippen molar-refractivity contribution < 1.29 is 14.3 Å². The fraction of sp³-hybridized carbons (Fsp3) is 0.0625. The Hall–Kier alpha value is -2.55. The Bertz CT molecular complexity index is 630. The number of benzene rings is 2. The van der Waals surface area contributed by atoms with Crippen LogP contribution in [0.2, 0.25) is 0 Å². The SMILES string of the molecule is O=C(/C=C\c1ccc2c(c1)OCO2)c1ccccc1. The average molecular weight is 252 g/mol. The Labute approximate surface area is 111 Å². The molecule has 0 aliphatic carbocycles. The van der Waals surface area contributed by atoms with Gasteiger partial charge in [-0.05, 0) is 23.8 Å². The summed E-state index contributed by atoms with van der Waals surface area (Å²) in [6.07, 6.45) is 3.34. The summed E-state index contributed by atoms with van der Waals surface area (Å²) in [7, 11) is 0. The number of allylic oxidation sites excluding steroid dienone is 1. The predicted molar refractivity (Wildman–Crippen MR) is 72.4 cm³/mol. The van der Waals surface area contributed by atoms with Crippen molar-refractivity contribution in [3.8, 4) is 11.5 Å². The molecule has 0 radical (unpaired) electrons. The maximum Gasteiger partial charge on any atom is 0.231 e. The van der Waals surface area contributed by atoms with Crippen LogP contribution in [-0.2, 0) is 0 Å². The van der Waals surface area contributed by atoms with Crippen molar-refractivity contribution in [1.29, 1.82) is 0 Å². The van der Waals surface area contributed by atoms with E-state index in [-0.39, 0.29) is 12.6 Å². The Morgan fingerprint density at radius 2 is 1.79 bits per heavy atom. The lowest BCUT2D eigenvalue weighted by molar-refractivity contribution is 0.104. The Morgan fingerprint density at radius 3 is 2.63 bits per heavy atom. The van der Waals surface area contributed by atoms with Gasteiger partial charge in [-0.25, -0.2) is 0 Å². The van der Waals surface area contributed by atoms with E-state index in [1.165, 1.54) is 0 Å². The molecule has 94 valence electrons. The topological polar surface area (TPSA) is 35.5 Å². The Morgan fingerprint density at radius 1 is 1.00 bits per heavy atom. The molecular weight excluding hydrogens is 240 g/mol. The monoisotopic (exact) mass is 252 g/mol. The lowest BCUT2D eigenvalue weighted by atomic mass is 10.1. The lowest BCUT2D eigenvalue weighted by Crippen LogP contribution is -1.93. The molecule has 0 atom stereocenters. The molecule has 0 spiro atoms. The number of ether oxygens (including phenoxy) is 2. The first kappa shape index (κ1) is 11.5. The fourth-order valence-corrected chi connectivity index (χ4v) is 1.89. The minimum absolute atomic E-state index is 0.0155. The summed E-state index contributed by atoms with van der Waals surface area (Å²) < 4.78 is 10.5. The molecule has 3 rings (SSSR count). The number of rotatable bonds is 3. The number of ketones is 1. The fourth-order valence-electron chi connectivity index (χ4n) is 1.89. The van der Waals surface area contributed by atoms with E-state index in [0.717, 1.165) is 11.3 Å². The molecule has 2 aromatic carbocycles. The number of fused-ring (bicyclic) bond motifs is 1. The highest BCUT2D eigenvalue weighted by molar-refractivity contribution is 6.06. The van der Waals surface area contributed by atoms with E-state index in [1.807, 2.05) is 36.4 Å². The van der Waals surface area contributed by atoms with Crippen LogP contribution in [-0.4, -0.2) is 12.6 Å². The molecular formula is C16H12O3. The van der Waals surface area contributed by atoms with Crippen molar-refractivity contribution in [3.05, 3.63) is 65.7 Å². The van der Waals surface area contributed by atoms with Crippen LogP contribution >= 0.6 is 0 Å². The van der Waals surface area contributed by atoms with Gasteiger partial charge in [0.25, 0.3) is 0 Å². The van der Waals surface area contributed by atoms with Gasteiger partial charge >= 0.3 is 0 Å². The molecule has 0 amide bonds. The second-order valence-corrected chi connectivity index (χ2v) is 4.18. The third-order valence-electron chi connectivity index (χ3n) is 2.88. The van der Waals surface area contributed by atoms with Gasteiger partial charge in [0.15, 0.2) is 17.3 Å². The molecule has 1 aliphatic heterocycles. The minimum atomic E-state index is -0.0155. The van der Waals surface area contributed by atoms with E-state index in [9.17, 15) is 4.79 Å². The maximum absolute atomic E-state index is 11.9. The normalized spacial score (nSPS) is 12.8. The van der Waals surface area contributed by atoms with Gasteiger partial charge in [0, 0.05) is 5.56 Å². The standard InChI is InChI=1S/C16H12O3/c17-14(13-4-2-1-3-5-13)8-6-12-7-9-15-16(10-12)19-11-18-15/h1-10H,11H2/b8-6-. The first-order valence-corrected chi connectivity index (χ1v) is 6.00. The zero-order valence-corrected chi connectivity index (χ0v) is 10.2. The summed E-state index contributed by atoms with van der Waals surface area (Å²) in [5.74, 6) is 1.44. The summed E-state index contributed by atoms with van der Waals surface area (Å²) in [5.41, 5.74) is 1.59. The molecule has 1 aliphatic rings. The van der Waals surface area contributed by atoms with Gasteiger partial charge in [-0.15, -0.1) is 0 Å². The van der Waals surface area contributed by atoms with E-state index < -0.39 is 0 Å². The van der Waals surface area contributed by atoms with E-state index in [2.05, 4.69) is 0 Å². The maximum atomic E-state index is 11.9. The smallest absolute Gasteiger partial charge is 0.231 e. The van der Waals surface area contributed by atoms with Crippen molar-refractivity contribution in [3.63, 3.8) is 0 Å². The van der Waals surface area contributed by atoms with Gasteiger partial charge < -0.3 is 9.47 Å². The van der Waals surface area contributed by atoms with E-state index in [1.54, 1.807) is 24.3 Å². The predicted octanol–water partition coefficient (Wildman–Crippen LogP) is 3.31. The zero-order chi connectivity index (χ0) is 13.1. The second kappa shape index (κ2) is 4.98. The molecule has 2 aromatic rings. The van der Waals surface area contributed by atoms with Crippen LogP contribution in [0.3, 0.4) is 0 Å². The van der Waals surface area contributed by atoms with Crippen LogP contribution in [0.1, 0.15) is 15.9 Å². The molecule has 0 aromatic heterocycles. The highest BCUT2D eigenvalue weighted by Gasteiger charge is 2.12. The summed E-state index contributed by atoms with van der Waals surface area (Å²) in [5, 5.41) is 0. The minimum Gasteiger partial charge on any atom is -0.454 e. The molecule has 0 fully saturated rings. The second-order valence-electron chi connectivity index (χ2n) is 4.18. The molecule has 0 saturated heterocycles. The number of hydrogen-bond acceptors (Lipinski definition) is 3. The summed E-state index contributed by atoms with van der Waals surface area (Å²) in [6.45, 7) is 0.255. The van der Waals surface area contributed by atoms with Gasteiger partial charge in [-0.3, -0.25) is 4.79 Å². The zero-order valence-electron chi connectivity index (χ0n) is 10.2. The van der Waals surface area contributed by atoms with Crippen molar-refractivity contribution >= 4 is 11.9 Å². The highest BCUT2D eigenvalue weighted by atomic mass is 16.7. The molecule has 1 heterocycles. The summed E-state index contributed by atoms with van der Waals surface area (Å²) in [4.78, 5) is 11.9. The molecule has 0 bridgehead atoms. The average Bonchev–Trinajstić information content (AvgIpc) is 2.93. The van der Waals surface area contributed by atoms with Gasteiger partial charge in [0.05, 0.1) is 0 Å². The Kier molecular flexibility index (Phi) is 3.02. The van der Waals surface area contributed by atoms with Crippen molar-refractivity contribution in [2.24, 2.45) is 0 Å². The molecule has 0 N–H and O–H groups in total. The first-order valence-electron chi connectivity index (χ1n) is 6.00. The van der Waals surface area contributed by atoms with E-state index in [0.29, 0.717) is 11.3 Å². The number of carbonyl (C=O) groups is 1. The molecule has 0 unspecified atom stereocenters. The van der Waals surface area contributed by atoms with Crippen molar-refractivity contribution in [2.45, 2.75) is 0 Å². The molecule has 19 heavy (non-hydrogen) atoms. The molecule has 0 saturated carbocycles. The number of carbonyl (C=O) groups excluding carboxylic acids is 1. The largest absolute Gasteiger partial charge is 0.454 e. The van der Waals surface area contributed by atoms with E-state index in [4.69, 9.17) is 9.47 Å². The van der Waals surface area contributed by atoms with Gasteiger partial charge in [0.2, 0.25) is 6.79 Å². The number of hydrogen-bond donors (Lipinski definition) is 0. The third-order valence-corrected chi connectivity index (χ3v) is 2.88. The van der Waals surface area contributed by atoms with Crippen LogP contribution < -0.4 is 9.47 Å². The Balaban J connectivity index is 1.78. The van der Waals surface area contributed by atoms with Crippen LogP contribution in [0, 0.1) is 0 Å².